The Morgan fingerprint density at radius 3 is 3.42 bits per heavy atom. The summed E-state index contributed by atoms with van der Waals surface area (Å²) in [4.78, 5) is 12.6. The first-order valence-corrected chi connectivity index (χ1v) is 3.48. The quantitative estimate of drug-likeness (QED) is 0.618. The largest absolute Gasteiger partial charge is 0.311 e. The summed E-state index contributed by atoms with van der Waals surface area (Å²) in [5.74, 6) is -0.525. The lowest BCUT2D eigenvalue weighted by Gasteiger charge is -2.06. The third-order valence-corrected chi connectivity index (χ3v) is 1.66. The van der Waals surface area contributed by atoms with Gasteiger partial charge >= 0.3 is 0 Å². The van der Waals surface area contributed by atoms with E-state index in [-0.39, 0.29) is 23.2 Å². The van der Waals surface area contributed by atoms with E-state index in [0.717, 1.165) is 11.1 Å². The van der Waals surface area contributed by atoms with Gasteiger partial charge < -0.3 is 4.90 Å². The van der Waals surface area contributed by atoms with E-state index in [0.29, 0.717) is 0 Å². The van der Waals surface area contributed by atoms with Crippen molar-refractivity contribution in [2.75, 3.05) is 0 Å². The maximum Gasteiger partial charge on any atom is 0.258 e. The molecule has 1 aliphatic heterocycles. The Morgan fingerprint density at radius 2 is 2.67 bits per heavy atom. The van der Waals surface area contributed by atoms with Crippen LogP contribution >= 0.6 is 0 Å². The molecule has 0 radical (unpaired) electrons. The SMILES string of the molecule is [2H]c1ccc2c(c1[2H])C([2H])([2H])N(C=C)C2=O. The molecule has 1 amide bonds. The second-order valence-corrected chi connectivity index (χ2v) is 2.36. The zero-order valence-electron chi connectivity index (χ0n) is 10.3. The second-order valence-electron chi connectivity index (χ2n) is 2.36. The first-order chi connectivity index (χ1) is 7.41. The van der Waals surface area contributed by atoms with Gasteiger partial charge in [0.05, 0.1) is 12.0 Å². The monoisotopic (exact) mass is 163 g/mol. The number of carbonyl (C=O) groups excluding carboxylic acids is 1. The minimum atomic E-state index is -2.09. The van der Waals surface area contributed by atoms with Crippen LogP contribution in [0.4, 0.5) is 0 Å². The van der Waals surface area contributed by atoms with Gasteiger partial charge in [-0.3, -0.25) is 4.79 Å². The lowest BCUT2D eigenvalue weighted by Crippen LogP contribution is -2.15. The average molecular weight is 163 g/mol. The van der Waals surface area contributed by atoms with Crippen LogP contribution in [0.2, 0.25) is 0 Å². The minimum absolute atomic E-state index is 0.0510. The third-order valence-electron chi connectivity index (χ3n) is 1.66. The van der Waals surface area contributed by atoms with Crippen LogP contribution in [0, 0.1) is 0 Å². The van der Waals surface area contributed by atoms with Crippen molar-refractivity contribution in [2.24, 2.45) is 0 Å². The topological polar surface area (TPSA) is 20.3 Å². The summed E-state index contributed by atoms with van der Waals surface area (Å²) in [7, 11) is 0. The summed E-state index contributed by atoms with van der Waals surface area (Å²) in [5.41, 5.74) is 0.0794. The summed E-state index contributed by atoms with van der Waals surface area (Å²) in [6.07, 6.45) is 1.10. The molecule has 0 saturated carbocycles. The van der Waals surface area contributed by atoms with Gasteiger partial charge in [-0.05, 0) is 11.6 Å². The lowest BCUT2D eigenvalue weighted by atomic mass is 10.1. The molecule has 0 spiro atoms. The van der Waals surface area contributed by atoms with E-state index >= 15 is 0 Å². The highest BCUT2D eigenvalue weighted by molar-refractivity contribution is 5.98. The van der Waals surface area contributed by atoms with Gasteiger partial charge in [0.15, 0.2) is 0 Å². The van der Waals surface area contributed by atoms with Gasteiger partial charge in [0, 0.05) is 11.8 Å². The summed E-state index contributed by atoms with van der Waals surface area (Å²) in [5, 5.41) is 0. The Hall–Kier alpha value is -1.57. The molecule has 0 aliphatic carbocycles. The van der Waals surface area contributed by atoms with Crippen molar-refractivity contribution in [1.29, 1.82) is 0 Å². The summed E-state index contributed by atoms with van der Waals surface area (Å²) < 4.78 is 30.7. The van der Waals surface area contributed by atoms with Gasteiger partial charge in [0.25, 0.3) is 5.91 Å². The van der Waals surface area contributed by atoms with Gasteiger partial charge in [-0.1, -0.05) is 24.7 Å². The van der Waals surface area contributed by atoms with E-state index in [4.69, 9.17) is 5.48 Å². The molecular weight excluding hydrogens is 150 g/mol. The van der Waals surface area contributed by atoms with E-state index in [1.807, 2.05) is 0 Å². The van der Waals surface area contributed by atoms with Crippen molar-refractivity contribution in [3.8, 4) is 0 Å². The summed E-state index contributed by atoms with van der Waals surface area (Å²) in [6.45, 7) is 1.29. The number of fused-ring (bicyclic) bond motifs is 1. The Bertz CT molecular complexity index is 498. The van der Waals surface area contributed by atoms with Crippen LogP contribution in [-0.4, -0.2) is 10.8 Å². The third kappa shape index (κ3) is 0.848. The molecule has 0 fully saturated rings. The molecule has 0 aromatic heterocycles. The molecule has 0 unspecified atom stereocenters. The van der Waals surface area contributed by atoms with Crippen molar-refractivity contribution in [3.05, 3.63) is 48.1 Å². The second kappa shape index (κ2) is 2.48. The molecule has 2 nitrogen and oxygen atoms in total. The van der Waals surface area contributed by atoms with E-state index in [9.17, 15) is 4.79 Å². The maximum absolute atomic E-state index is 11.8. The molecule has 1 aromatic carbocycles. The van der Waals surface area contributed by atoms with Crippen LogP contribution in [0.1, 0.15) is 21.4 Å². The van der Waals surface area contributed by atoms with Crippen molar-refractivity contribution < 1.29 is 10.3 Å². The molecule has 2 heteroatoms. The Kier molecular flexibility index (Phi) is 0.806. The Balaban J connectivity index is 2.78. The zero-order chi connectivity index (χ0) is 12.1. The predicted octanol–water partition coefficient (Wildman–Crippen LogP) is 1.79. The molecule has 0 saturated heterocycles. The van der Waals surface area contributed by atoms with Crippen molar-refractivity contribution in [3.63, 3.8) is 0 Å². The standard InChI is InChI=1S/C10H9NO/c1-2-11-7-8-5-3-4-6-9(8)10(11)12/h2-6H,1,7H2/i3D,5D,7D2. The Morgan fingerprint density at radius 1 is 1.83 bits per heavy atom. The van der Waals surface area contributed by atoms with Gasteiger partial charge in [-0.25, -0.2) is 0 Å². The highest BCUT2D eigenvalue weighted by Crippen LogP contribution is 2.21. The molecule has 0 N–H and O–H groups in total. The molecule has 1 aromatic rings. The molecule has 2 rings (SSSR count). The first-order valence-electron chi connectivity index (χ1n) is 5.48. The van der Waals surface area contributed by atoms with Crippen LogP contribution in [0.5, 0.6) is 0 Å². The Labute approximate surface area is 76.7 Å². The van der Waals surface area contributed by atoms with E-state index < -0.39 is 12.4 Å². The molecule has 60 valence electrons. The number of nitrogens with zero attached hydrogens (tertiary/aromatic N) is 1. The molecule has 0 atom stereocenters. The highest BCUT2D eigenvalue weighted by Gasteiger charge is 2.24. The highest BCUT2D eigenvalue weighted by atomic mass is 16.2. The van der Waals surface area contributed by atoms with Crippen LogP contribution in [0.25, 0.3) is 0 Å². The fourth-order valence-corrected chi connectivity index (χ4v) is 1.09. The first kappa shape index (κ1) is 3.90. The van der Waals surface area contributed by atoms with E-state index in [1.165, 1.54) is 12.1 Å². The summed E-state index contributed by atoms with van der Waals surface area (Å²) >= 11 is 0. The van der Waals surface area contributed by atoms with Crippen LogP contribution in [0.15, 0.2) is 37.0 Å². The van der Waals surface area contributed by atoms with Gasteiger partial charge in [0.2, 0.25) is 0 Å². The number of hydrogen-bond donors (Lipinski definition) is 0. The predicted molar refractivity (Wildman–Crippen MR) is 46.5 cm³/mol. The average Bonchev–Trinajstić information content (AvgIpc) is 2.40. The van der Waals surface area contributed by atoms with Gasteiger partial charge in [-0.15, -0.1) is 0 Å². The van der Waals surface area contributed by atoms with Crippen molar-refractivity contribution in [1.82, 2.24) is 4.90 Å². The van der Waals surface area contributed by atoms with Crippen molar-refractivity contribution >= 4 is 5.91 Å². The fourth-order valence-electron chi connectivity index (χ4n) is 1.09. The molecule has 1 heterocycles. The fraction of sp³-hybridized carbons (Fsp3) is 0.100. The maximum atomic E-state index is 11.8. The van der Waals surface area contributed by atoms with Crippen LogP contribution in [-0.2, 0) is 6.50 Å². The zero-order valence-corrected chi connectivity index (χ0v) is 6.29. The number of rotatable bonds is 1. The molecular formula is C10H9NO. The number of carbonyl (C=O) groups is 1. The van der Waals surface area contributed by atoms with Gasteiger partial charge in [0.1, 0.15) is 0 Å². The molecule has 1 aliphatic rings. The smallest absolute Gasteiger partial charge is 0.258 e. The number of amides is 1. The molecule has 12 heavy (non-hydrogen) atoms. The summed E-state index contributed by atoms with van der Waals surface area (Å²) in [6, 6.07) is 2.35. The minimum Gasteiger partial charge on any atom is -0.311 e. The normalized spacial score (nSPS) is 23.7. The number of hydrogen-bond acceptors (Lipinski definition) is 1. The van der Waals surface area contributed by atoms with E-state index in [2.05, 4.69) is 6.58 Å². The van der Waals surface area contributed by atoms with Crippen LogP contribution in [0.3, 0.4) is 0 Å². The molecule has 0 bridgehead atoms. The van der Waals surface area contributed by atoms with Crippen molar-refractivity contribution in [2.45, 2.75) is 6.50 Å². The van der Waals surface area contributed by atoms with Gasteiger partial charge in [-0.2, -0.15) is 0 Å². The number of benzene rings is 1. The van der Waals surface area contributed by atoms with Crippen LogP contribution < -0.4 is 0 Å². The van der Waals surface area contributed by atoms with E-state index in [1.54, 1.807) is 0 Å². The lowest BCUT2D eigenvalue weighted by molar-refractivity contribution is 0.0842.